The molecular formula is C15H22N2O4. The van der Waals surface area contributed by atoms with Crippen molar-refractivity contribution < 1.29 is 19.8 Å². The Labute approximate surface area is 124 Å². The van der Waals surface area contributed by atoms with Gasteiger partial charge in [-0.1, -0.05) is 6.92 Å². The highest BCUT2D eigenvalue weighted by molar-refractivity contribution is 6.00. The maximum absolute atomic E-state index is 12.2. The second-order valence-electron chi connectivity index (χ2n) is 6.42. The number of fused-ring (bicyclic) bond motifs is 1. The van der Waals surface area contributed by atoms with E-state index in [9.17, 15) is 19.8 Å². The summed E-state index contributed by atoms with van der Waals surface area (Å²) < 4.78 is 0. The fraction of sp³-hybridized carbons (Fsp3) is 0.733. The van der Waals surface area contributed by atoms with Crippen LogP contribution in [0, 0.1) is 11.8 Å². The topological polar surface area (TPSA) is 81.1 Å². The van der Waals surface area contributed by atoms with Gasteiger partial charge in [-0.25, -0.2) is 4.79 Å². The average Bonchev–Trinajstić information content (AvgIpc) is 2.97. The van der Waals surface area contributed by atoms with Crippen molar-refractivity contribution in [3.63, 3.8) is 0 Å². The number of likely N-dealkylation sites (tertiary alicyclic amines) is 1. The molecule has 2 fully saturated rings. The summed E-state index contributed by atoms with van der Waals surface area (Å²) in [5.41, 5.74) is 0.993. The van der Waals surface area contributed by atoms with Crippen molar-refractivity contribution in [3.8, 4) is 0 Å². The van der Waals surface area contributed by atoms with E-state index < -0.39 is 18.0 Å². The Morgan fingerprint density at radius 1 is 1.38 bits per heavy atom. The van der Waals surface area contributed by atoms with Gasteiger partial charge in [-0.05, 0) is 38.4 Å². The normalized spacial score (nSPS) is 34.1. The average molecular weight is 294 g/mol. The predicted octanol–water partition coefficient (Wildman–Crippen LogP) is 0.278. The molecule has 2 saturated heterocycles. The molecule has 0 aromatic rings. The second-order valence-corrected chi connectivity index (χ2v) is 6.42. The van der Waals surface area contributed by atoms with E-state index >= 15 is 0 Å². The van der Waals surface area contributed by atoms with Crippen molar-refractivity contribution in [2.75, 3.05) is 19.6 Å². The highest BCUT2D eigenvalue weighted by Gasteiger charge is 2.59. The Balaban J connectivity index is 1.89. The van der Waals surface area contributed by atoms with Crippen LogP contribution in [0.15, 0.2) is 11.3 Å². The predicted molar refractivity (Wildman–Crippen MR) is 75.3 cm³/mol. The highest BCUT2D eigenvalue weighted by Crippen LogP contribution is 2.47. The lowest BCUT2D eigenvalue weighted by Crippen LogP contribution is -2.63. The SMILES string of the molecule is C[C@@H](O)C1C(=O)N2C(C(=O)O)=C(CN3CCCC3)[C@H](C)C12. The third-order valence-electron chi connectivity index (χ3n) is 5.11. The molecule has 6 nitrogen and oxygen atoms in total. The maximum Gasteiger partial charge on any atom is 0.352 e. The number of amides is 1. The summed E-state index contributed by atoms with van der Waals surface area (Å²) in [5, 5.41) is 19.3. The molecule has 116 valence electrons. The molecule has 3 aliphatic heterocycles. The number of aliphatic hydroxyl groups is 1. The van der Waals surface area contributed by atoms with Crippen LogP contribution < -0.4 is 0 Å². The molecule has 0 radical (unpaired) electrons. The van der Waals surface area contributed by atoms with Gasteiger partial charge in [-0.2, -0.15) is 0 Å². The van der Waals surface area contributed by atoms with E-state index in [-0.39, 0.29) is 23.6 Å². The monoisotopic (exact) mass is 294 g/mol. The van der Waals surface area contributed by atoms with Crippen LogP contribution in [0.2, 0.25) is 0 Å². The molecule has 0 spiro atoms. The standard InChI is InChI=1S/C15H22N2O4/c1-8-10(7-16-5-3-4-6-16)13(15(20)21)17-12(8)11(9(2)18)14(17)19/h8-9,11-12,18H,3-7H2,1-2H3,(H,20,21)/t8-,9+,11?,12?/m0/s1. The lowest BCUT2D eigenvalue weighted by Gasteiger charge is -2.46. The van der Waals surface area contributed by atoms with Crippen molar-refractivity contribution in [2.24, 2.45) is 11.8 Å². The van der Waals surface area contributed by atoms with Crippen LogP contribution in [0.3, 0.4) is 0 Å². The molecule has 3 rings (SSSR count). The first-order chi connectivity index (χ1) is 9.93. The van der Waals surface area contributed by atoms with Gasteiger partial charge in [-0.3, -0.25) is 9.69 Å². The fourth-order valence-corrected chi connectivity index (χ4v) is 4.04. The molecule has 0 bridgehead atoms. The van der Waals surface area contributed by atoms with Gasteiger partial charge in [0.05, 0.1) is 18.1 Å². The lowest BCUT2D eigenvalue weighted by atomic mass is 9.77. The van der Waals surface area contributed by atoms with E-state index in [1.165, 1.54) is 4.90 Å². The molecule has 3 aliphatic rings. The van der Waals surface area contributed by atoms with Gasteiger partial charge >= 0.3 is 5.97 Å². The fourth-order valence-electron chi connectivity index (χ4n) is 4.04. The van der Waals surface area contributed by atoms with Gasteiger partial charge in [0.2, 0.25) is 5.91 Å². The summed E-state index contributed by atoms with van der Waals surface area (Å²) in [7, 11) is 0. The van der Waals surface area contributed by atoms with Crippen LogP contribution in [0.1, 0.15) is 26.7 Å². The first-order valence-corrected chi connectivity index (χ1v) is 7.63. The van der Waals surface area contributed by atoms with Gasteiger partial charge in [0.15, 0.2) is 0 Å². The number of carboxylic acids is 1. The summed E-state index contributed by atoms with van der Waals surface area (Å²) in [6.07, 6.45) is 1.56. The smallest absolute Gasteiger partial charge is 0.352 e. The Hall–Kier alpha value is -1.40. The summed E-state index contributed by atoms with van der Waals surface area (Å²) in [5.74, 6) is -1.76. The van der Waals surface area contributed by atoms with Crippen LogP contribution in [0.4, 0.5) is 0 Å². The second kappa shape index (κ2) is 5.10. The van der Waals surface area contributed by atoms with Crippen molar-refractivity contribution in [2.45, 2.75) is 38.8 Å². The zero-order valence-electron chi connectivity index (χ0n) is 12.5. The minimum absolute atomic E-state index is 0.00556. The molecule has 0 aliphatic carbocycles. The van der Waals surface area contributed by atoms with Crippen molar-refractivity contribution in [3.05, 3.63) is 11.3 Å². The number of carbonyl (C=O) groups is 2. The molecule has 2 unspecified atom stereocenters. The third-order valence-corrected chi connectivity index (χ3v) is 5.11. The van der Waals surface area contributed by atoms with Gasteiger partial charge in [0.25, 0.3) is 0 Å². The maximum atomic E-state index is 12.2. The number of hydrogen-bond acceptors (Lipinski definition) is 4. The number of aliphatic hydroxyl groups excluding tert-OH is 1. The van der Waals surface area contributed by atoms with Crippen LogP contribution in [0.25, 0.3) is 0 Å². The summed E-state index contributed by atoms with van der Waals surface area (Å²) in [6, 6.07) is -0.193. The van der Waals surface area contributed by atoms with Gasteiger partial charge in [0, 0.05) is 12.5 Å². The van der Waals surface area contributed by atoms with E-state index in [0.717, 1.165) is 31.5 Å². The molecule has 21 heavy (non-hydrogen) atoms. The summed E-state index contributed by atoms with van der Waals surface area (Å²) in [6.45, 7) is 6.17. The van der Waals surface area contributed by atoms with Crippen LogP contribution in [0.5, 0.6) is 0 Å². The van der Waals surface area contributed by atoms with E-state index in [0.29, 0.717) is 6.54 Å². The Morgan fingerprint density at radius 3 is 2.52 bits per heavy atom. The van der Waals surface area contributed by atoms with Gasteiger partial charge in [0.1, 0.15) is 5.70 Å². The molecule has 0 saturated carbocycles. The van der Waals surface area contributed by atoms with E-state index in [2.05, 4.69) is 4.90 Å². The number of carboxylic acid groups (broad SMARTS) is 1. The van der Waals surface area contributed by atoms with Crippen molar-refractivity contribution in [1.29, 1.82) is 0 Å². The third kappa shape index (κ3) is 2.08. The number of carbonyl (C=O) groups excluding carboxylic acids is 1. The quantitative estimate of drug-likeness (QED) is 0.728. The summed E-state index contributed by atoms with van der Waals surface area (Å²) in [4.78, 5) is 27.4. The highest BCUT2D eigenvalue weighted by atomic mass is 16.4. The summed E-state index contributed by atoms with van der Waals surface area (Å²) >= 11 is 0. The number of hydrogen-bond donors (Lipinski definition) is 2. The Kier molecular flexibility index (Phi) is 3.53. The largest absolute Gasteiger partial charge is 0.477 e. The molecule has 3 heterocycles. The zero-order valence-corrected chi connectivity index (χ0v) is 12.5. The molecular weight excluding hydrogens is 272 g/mol. The van der Waals surface area contributed by atoms with Crippen LogP contribution >= 0.6 is 0 Å². The van der Waals surface area contributed by atoms with Crippen LogP contribution in [-0.2, 0) is 9.59 Å². The zero-order chi connectivity index (χ0) is 15.3. The molecule has 2 N–H and O–H groups in total. The van der Waals surface area contributed by atoms with Crippen molar-refractivity contribution >= 4 is 11.9 Å². The Bertz CT molecular complexity index is 508. The molecule has 0 aromatic carbocycles. The minimum atomic E-state index is -1.03. The molecule has 0 aromatic heterocycles. The van der Waals surface area contributed by atoms with E-state index in [4.69, 9.17) is 0 Å². The molecule has 1 amide bonds. The Morgan fingerprint density at radius 2 is 2.00 bits per heavy atom. The number of rotatable bonds is 4. The van der Waals surface area contributed by atoms with Crippen LogP contribution in [-0.4, -0.2) is 63.7 Å². The van der Waals surface area contributed by atoms with E-state index in [1.54, 1.807) is 6.92 Å². The van der Waals surface area contributed by atoms with Crippen molar-refractivity contribution in [1.82, 2.24) is 9.80 Å². The van der Waals surface area contributed by atoms with Gasteiger partial charge < -0.3 is 15.1 Å². The first-order valence-electron chi connectivity index (χ1n) is 7.63. The number of nitrogens with zero attached hydrogens (tertiary/aromatic N) is 2. The van der Waals surface area contributed by atoms with Gasteiger partial charge in [-0.15, -0.1) is 0 Å². The minimum Gasteiger partial charge on any atom is -0.477 e. The number of aliphatic carboxylic acids is 1. The molecule has 6 heteroatoms. The van der Waals surface area contributed by atoms with E-state index in [1.807, 2.05) is 6.92 Å². The lowest BCUT2D eigenvalue weighted by molar-refractivity contribution is -0.163. The first kappa shape index (κ1) is 14.5. The molecule has 4 atom stereocenters. The number of β-lactam (4-membered cyclic amide) rings is 1.